The topological polar surface area (TPSA) is 15.3 Å². The Kier molecular flexibility index (Phi) is 4.59. The van der Waals surface area contributed by atoms with E-state index in [2.05, 4.69) is 10.2 Å². The van der Waals surface area contributed by atoms with Crippen molar-refractivity contribution in [1.29, 1.82) is 0 Å². The van der Waals surface area contributed by atoms with Crippen molar-refractivity contribution in [1.82, 2.24) is 10.2 Å². The Bertz CT molecular complexity index is 456. The highest BCUT2D eigenvalue weighted by Crippen LogP contribution is 2.31. The number of rotatable bonds is 6. The molecular formula is C16H22ClFN2. The van der Waals surface area contributed by atoms with Crippen molar-refractivity contribution in [3.8, 4) is 0 Å². The van der Waals surface area contributed by atoms with Crippen molar-refractivity contribution in [2.45, 2.75) is 38.3 Å². The highest BCUT2D eigenvalue weighted by molar-refractivity contribution is 6.30. The first-order chi connectivity index (χ1) is 9.72. The molecule has 1 heterocycles. The molecule has 2 fully saturated rings. The number of nitrogens with zero attached hydrogens (tertiary/aromatic N) is 1. The highest BCUT2D eigenvalue weighted by Gasteiger charge is 2.27. The maximum Gasteiger partial charge on any atom is 0.146 e. The predicted octanol–water partition coefficient (Wildman–Crippen LogP) is 3.44. The summed E-state index contributed by atoms with van der Waals surface area (Å²) in [5.41, 5.74) is 0.719. The van der Waals surface area contributed by atoms with Crippen LogP contribution in [0.3, 0.4) is 0 Å². The third-order valence-corrected chi connectivity index (χ3v) is 4.57. The van der Waals surface area contributed by atoms with Gasteiger partial charge in [0, 0.05) is 31.2 Å². The molecule has 1 N–H and O–H groups in total. The van der Waals surface area contributed by atoms with Crippen molar-refractivity contribution >= 4 is 11.6 Å². The summed E-state index contributed by atoms with van der Waals surface area (Å²) in [6, 6.07) is 5.87. The zero-order valence-electron chi connectivity index (χ0n) is 11.7. The normalized spacial score (nSPS) is 22.6. The van der Waals surface area contributed by atoms with Gasteiger partial charge < -0.3 is 5.32 Å². The molecule has 0 amide bonds. The van der Waals surface area contributed by atoms with Crippen molar-refractivity contribution in [2.75, 3.05) is 19.6 Å². The first-order valence-electron chi connectivity index (χ1n) is 7.61. The fourth-order valence-electron chi connectivity index (χ4n) is 3.00. The predicted molar refractivity (Wildman–Crippen MR) is 80.4 cm³/mol. The summed E-state index contributed by atoms with van der Waals surface area (Å²) in [6.45, 7) is 3.89. The average Bonchev–Trinajstić information content (AvgIpc) is 3.09. The summed E-state index contributed by atoms with van der Waals surface area (Å²) in [5, 5.41) is 3.76. The molecular weight excluding hydrogens is 275 g/mol. The van der Waals surface area contributed by atoms with E-state index in [4.69, 9.17) is 11.6 Å². The SMILES string of the molecule is Fc1c(Cl)cccc1CN(CC1CC1)CC1CCCN1. The first kappa shape index (κ1) is 14.3. The molecule has 1 aromatic carbocycles. The van der Waals surface area contributed by atoms with Crippen molar-refractivity contribution < 1.29 is 4.39 Å². The minimum absolute atomic E-state index is 0.230. The Hall–Kier alpha value is -0.640. The van der Waals surface area contributed by atoms with Gasteiger partial charge in [0.15, 0.2) is 0 Å². The smallest absolute Gasteiger partial charge is 0.146 e. The van der Waals surface area contributed by atoms with Gasteiger partial charge in [0.1, 0.15) is 5.82 Å². The van der Waals surface area contributed by atoms with Crippen LogP contribution in [0.15, 0.2) is 18.2 Å². The van der Waals surface area contributed by atoms with Crippen molar-refractivity contribution in [3.05, 3.63) is 34.6 Å². The molecule has 1 aliphatic heterocycles. The van der Waals surface area contributed by atoms with Gasteiger partial charge in [-0.15, -0.1) is 0 Å². The molecule has 0 radical (unpaired) electrons. The van der Waals surface area contributed by atoms with Crippen LogP contribution in [0.2, 0.25) is 5.02 Å². The molecule has 2 aliphatic rings. The number of hydrogen-bond acceptors (Lipinski definition) is 2. The molecule has 0 spiro atoms. The van der Waals surface area contributed by atoms with E-state index in [0.29, 0.717) is 12.6 Å². The highest BCUT2D eigenvalue weighted by atomic mass is 35.5. The molecule has 1 aromatic rings. The van der Waals surface area contributed by atoms with Gasteiger partial charge in [-0.25, -0.2) is 4.39 Å². The lowest BCUT2D eigenvalue weighted by Gasteiger charge is -2.26. The van der Waals surface area contributed by atoms with E-state index in [1.807, 2.05) is 12.1 Å². The lowest BCUT2D eigenvalue weighted by Crippen LogP contribution is -2.38. The zero-order valence-corrected chi connectivity index (χ0v) is 12.5. The lowest BCUT2D eigenvalue weighted by molar-refractivity contribution is 0.229. The van der Waals surface area contributed by atoms with Crippen LogP contribution in [0.1, 0.15) is 31.2 Å². The number of nitrogens with one attached hydrogen (secondary N) is 1. The molecule has 0 bridgehead atoms. The molecule has 1 unspecified atom stereocenters. The van der Waals surface area contributed by atoms with Gasteiger partial charge in [-0.05, 0) is 44.2 Å². The third-order valence-electron chi connectivity index (χ3n) is 4.28. The van der Waals surface area contributed by atoms with Crippen LogP contribution in [-0.2, 0) is 6.54 Å². The van der Waals surface area contributed by atoms with Crippen LogP contribution in [-0.4, -0.2) is 30.6 Å². The fraction of sp³-hybridized carbons (Fsp3) is 0.625. The summed E-state index contributed by atoms with van der Waals surface area (Å²) in [6.07, 6.45) is 5.14. The Balaban J connectivity index is 1.66. The second-order valence-corrected chi connectivity index (χ2v) is 6.55. The van der Waals surface area contributed by atoms with E-state index in [0.717, 1.165) is 31.1 Å². The summed E-state index contributed by atoms with van der Waals surface area (Å²) >= 11 is 5.88. The van der Waals surface area contributed by atoms with E-state index in [1.54, 1.807) is 6.07 Å². The Morgan fingerprint density at radius 3 is 2.80 bits per heavy atom. The molecule has 1 saturated heterocycles. The Labute approximate surface area is 125 Å². The molecule has 4 heteroatoms. The van der Waals surface area contributed by atoms with Gasteiger partial charge >= 0.3 is 0 Å². The van der Waals surface area contributed by atoms with E-state index in [9.17, 15) is 4.39 Å². The molecule has 3 rings (SSSR count). The van der Waals surface area contributed by atoms with E-state index in [1.165, 1.54) is 25.7 Å². The van der Waals surface area contributed by atoms with E-state index >= 15 is 0 Å². The maximum atomic E-state index is 14.1. The summed E-state index contributed by atoms with van der Waals surface area (Å²) in [4.78, 5) is 2.40. The molecule has 1 aliphatic carbocycles. The fourth-order valence-corrected chi connectivity index (χ4v) is 3.20. The van der Waals surface area contributed by atoms with Crippen LogP contribution in [0.5, 0.6) is 0 Å². The largest absolute Gasteiger partial charge is 0.313 e. The number of hydrogen-bond donors (Lipinski definition) is 1. The van der Waals surface area contributed by atoms with Gasteiger partial charge in [0.25, 0.3) is 0 Å². The summed E-state index contributed by atoms with van der Waals surface area (Å²) in [5.74, 6) is 0.563. The monoisotopic (exact) mass is 296 g/mol. The second kappa shape index (κ2) is 6.42. The van der Waals surface area contributed by atoms with Crippen LogP contribution < -0.4 is 5.32 Å². The first-order valence-corrected chi connectivity index (χ1v) is 7.99. The van der Waals surface area contributed by atoms with Crippen LogP contribution in [0.4, 0.5) is 4.39 Å². The van der Waals surface area contributed by atoms with Gasteiger partial charge in [0.2, 0.25) is 0 Å². The summed E-state index contributed by atoms with van der Waals surface area (Å²) in [7, 11) is 0. The van der Waals surface area contributed by atoms with Crippen LogP contribution in [0, 0.1) is 11.7 Å². The summed E-state index contributed by atoms with van der Waals surface area (Å²) < 4.78 is 14.1. The molecule has 110 valence electrons. The standard InChI is InChI=1S/C16H22ClFN2/c17-15-5-1-3-13(16(15)18)10-20(9-12-6-7-12)11-14-4-2-8-19-14/h1,3,5,12,14,19H,2,4,6-11H2. The van der Waals surface area contributed by atoms with E-state index in [-0.39, 0.29) is 10.8 Å². The minimum Gasteiger partial charge on any atom is -0.313 e. The van der Waals surface area contributed by atoms with Crippen molar-refractivity contribution in [3.63, 3.8) is 0 Å². The Morgan fingerprint density at radius 2 is 2.10 bits per heavy atom. The molecule has 2 nitrogen and oxygen atoms in total. The maximum absolute atomic E-state index is 14.1. The number of halogens is 2. The lowest BCUT2D eigenvalue weighted by atomic mass is 10.1. The van der Waals surface area contributed by atoms with Crippen LogP contribution >= 0.6 is 11.6 Å². The van der Waals surface area contributed by atoms with Gasteiger partial charge in [0.05, 0.1) is 5.02 Å². The minimum atomic E-state index is -0.255. The van der Waals surface area contributed by atoms with Gasteiger partial charge in [-0.2, -0.15) is 0 Å². The van der Waals surface area contributed by atoms with Gasteiger partial charge in [-0.1, -0.05) is 23.7 Å². The molecule has 0 aromatic heterocycles. The number of benzene rings is 1. The second-order valence-electron chi connectivity index (χ2n) is 6.14. The Morgan fingerprint density at radius 1 is 1.25 bits per heavy atom. The molecule has 20 heavy (non-hydrogen) atoms. The third kappa shape index (κ3) is 3.72. The van der Waals surface area contributed by atoms with Crippen molar-refractivity contribution in [2.24, 2.45) is 5.92 Å². The molecule has 1 saturated carbocycles. The quantitative estimate of drug-likeness (QED) is 0.865. The van der Waals surface area contributed by atoms with E-state index < -0.39 is 0 Å². The average molecular weight is 297 g/mol. The molecule has 1 atom stereocenters. The van der Waals surface area contributed by atoms with Gasteiger partial charge in [-0.3, -0.25) is 4.90 Å². The van der Waals surface area contributed by atoms with Crippen LogP contribution in [0.25, 0.3) is 0 Å². The zero-order chi connectivity index (χ0) is 13.9.